The largest absolute Gasteiger partial charge is 0.573 e. The summed E-state index contributed by atoms with van der Waals surface area (Å²) in [7, 11) is 0. The molecule has 0 saturated carbocycles. The Morgan fingerprint density at radius 2 is 1.94 bits per heavy atom. The molecule has 1 fully saturated rings. The molecule has 6 heteroatoms. The van der Waals surface area contributed by atoms with Crippen molar-refractivity contribution in [2.24, 2.45) is 0 Å². The molecule has 1 aromatic carbocycles. The van der Waals surface area contributed by atoms with E-state index in [4.69, 9.17) is 11.6 Å². The molecular weight excluding hydrogens is 243 g/mol. The van der Waals surface area contributed by atoms with Crippen molar-refractivity contribution in [2.75, 3.05) is 18.0 Å². The zero-order chi connectivity index (χ0) is 11.8. The molecule has 1 heterocycles. The SMILES string of the molecule is FC(F)(F)Oc1ccc(N2CCC2)cc1Cl. The van der Waals surface area contributed by atoms with Crippen LogP contribution in [0.2, 0.25) is 5.02 Å². The standard InChI is InChI=1S/C10H9ClF3NO/c11-8-6-7(15-4-1-5-15)2-3-9(8)16-10(12,13)14/h2-3,6H,1,4-5H2. The number of alkyl halides is 3. The minimum absolute atomic E-state index is 0.0262. The van der Waals surface area contributed by atoms with Crippen molar-refractivity contribution in [1.29, 1.82) is 0 Å². The second kappa shape index (κ2) is 4.05. The number of anilines is 1. The number of hydrogen-bond donors (Lipinski definition) is 0. The van der Waals surface area contributed by atoms with E-state index in [2.05, 4.69) is 4.74 Å². The quantitative estimate of drug-likeness (QED) is 0.798. The van der Waals surface area contributed by atoms with Crippen LogP contribution in [0.1, 0.15) is 6.42 Å². The monoisotopic (exact) mass is 251 g/mol. The summed E-state index contributed by atoms with van der Waals surface area (Å²) < 4.78 is 39.7. The molecule has 0 unspecified atom stereocenters. The first-order valence-electron chi connectivity index (χ1n) is 4.76. The Hall–Kier alpha value is -1.10. The fourth-order valence-electron chi connectivity index (χ4n) is 1.47. The predicted octanol–water partition coefficient (Wildman–Crippen LogP) is 3.45. The van der Waals surface area contributed by atoms with E-state index in [9.17, 15) is 13.2 Å². The van der Waals surface area contributed by atoms with E-state index in [0.717, 1.165) is 25.2 Å². The smallest absolute Gasteiger partial charge is 0.404 e. The molecular formula is C10H9ClF3NO. The van der Waals surface area contributed by atoms with Gasteiger partial charge in [0, 0.05) is 18.8 Å². The van der Waals surface area contributed by atoms with Gasteiger partial charge in [-0.3, -0.25) is 0 Å². The van der Waals surface area contributed by atoms with Gasteiger partial charge < -0.3 is 9.64 Å². The third-order valence-electron chi connectivity index (χ3n) is 2.36. The van der Waals surface area contributed by atoms with Gasteiger partial charge in [0.05, 0.1) is 5.02 Å². The van der Waals surface area contributed by atoms with Crippen LogP contribution in [-0.4, -0.2) is 19.5 Å². The zero-order valence-electron chi connectivity index (χ0n) is 8.22. The average molecular weight is 252 g/mol. The van der Waals surface area contributed by atoms with E-state index in [-0.39, 0.29) is 10.8 Å². The highest BCUT2D eigenvalue weighted by Crippen LogP contribution is 2.34. The van der Waals surface area contributed by atoms with E-state index in [1.54, 1.807) is 6.07 Å². The molecule has 16 heavy (non-hydrogen) atoms. The normalized spacial score (nSPS) is 15.9. The third-order valence-corrected chi connectivity index (χ3v) is 2.66. The topological polar surface area (TPSA) is 12.5 Å². The summed E-state index contributed by atoms with van der Waals surface area (Å²) in [6.07, 6.45) is -3.61. The highest BCUT2D eigenvalue weighted by atomic mass is 35.5. The number of hydrogen-bond acceptors (Lipinski definition) is 2. The Morgan fingerprint density at radius 3 is 2.38 bits per heavy atom. The highest BCUT2D eigenvalue weighted by molar-refractivity contribution is 6.32. The van der Waals surface area contributed by atoms with Crippen LogP contribution in [0, 0.1) is 0 Å². The van der Waals surface area contributed by atoms with Crippen LogP contribution in [0.15, 0.2) is 18.2 Å². The Bertz CT molecular complexity index is 390. The van der Waals surface area contributed by atoms with Gasteiger partial charge in [-0.1, -0.05) is 11.6 Å². The maximum absolute atomic E-state index is 12.0. The van der Waals surface area contributed by atoms with Crippen molar-refractivity contribution in [3.63, 3.8) is 0 Å². The molecule has 0 radical (unpaired) electrons. The van der Waals surface area contributed by atoms with E-state index in [1.807, 2.05) is 4.90 Å². The van der Waals surface area contributed by atoms with Crippen molar-refractivity contribution in [2.45, 2.75) is 12.8 Å². The molecule has 1 saturated heterocycles. The fourth-order valence-corrected chi connectivity index (χ4v) is 1.68. The number of rotatable bonds is 2. The molecule has 88 valence electrons. The van der Waals surface area contributed by atoms with Crippen LogP contribution < -0.4 is 9.64 Å². The lowest BCUT2D eigenvalue weighted by Crippen LogP contribution is -2.36. The summed E-state index contributed by atoms with van der Waals surface area (Å²) in [5.41, 5.74) is 0.825. The summed E-state index contributed by atoms with van der Waals surface area (Å²) in [5.74, 6) is -0.363. The minimum Gasteiger partial charge on any atom is -0.404 e. The molecule has 1 aromatic rings. The van der Waals surface area contributed by atoms with Crippen LogP contribution in [0.25, 0.3) is 0 Å². The van der Waals surface area contributed by atoms with Gasteiger partial charge in [0.15, 0.2) is 0 Å². The summed E-state index contributed by atoms with van der Waals surface area (Å²) in [6, 6.07) is 4.30. The second-order valence-electron chi connectivity index (χ2n) is 3.50. The van der Waals surface area contributed by atoms with Gasteiger partial charge in [-0.25, -0.2) is 0 Å². The second-order valence-corrected chi connectivity index (χ2v) is 3.91. The first-order chi connectivity index (χ1) is 7.46. The van der Waals surface area contributed by atoms with Crippen LogP contribution in [-0.2, 0) is 0 Å². The van der Waals surface area contributed by atoms with Gasteiger partial charge >= 0.3 is 6.36 Å². The van der Waals surface area contributed by atoms with Gasteiger partial charge in [0.25, 0.3) is 0 Å². The van der Waals surface area contributed by atoms with E-state index in [0.29, 0.717) is 0 Å². The first-order valence-corrected chi connectivity index (χ1v) is 5.14. The molecule has 0 spiro atoms. The molecule has 0 aliphatic carbocycles. The maximum atomic E-state index is 12.0. The van der Waals surface area contributed by atoms with Gasteiger partial charge in [-0.05, 0) is 24.6 Å². The molecule has 0 atom stereocenters. The van der Waals surface area contributed by atoms with E-state index in [1.165, 1.54) is 12.1 Å². The molecule has 1 aliphatic heterocycles. The summed E-state index contributed by atoms with van der Waals surface area (Å²) in [6.45, 7) is 1.83. The fraction of sp³-hybridized carbons (Fsp3) is 0.400. The lowest BCUT2D eigenvalue weighted by atomic mass is 10.2. The maximum Gasteiger partial charge on any atom is 0.573 e. The van der Waals surface area contributed by atoms with E-state index < -0.39 is 6.36 Å². The summed E-state index contributed by atoms with van der Waals surface area (Å²) in [4.78, 5) is 2.03. The molecule has 0 amide bonds. The first kappa shape index (κ1) is 11.4. The van der Waals surface area contributed by atoms with Crippen molar-refractivity contribution in [3.8, 4) is 5.75 Å². The van der Waals surface area contributed by atoms with E-state index >= 15 is 0 Å². The number of nitrogens with zero attached hydrogens (tertiary/aromatic N) is 1. The lowest BCUT2D eigenvalue weighted by Gasteiger charge is -2.33. The molecule has 2 rings (SSSR count). The Kier molecular flexibility index (Phi) is 2.88. The number of benzene rings is 1. The van der Waals surface area contributed by atoms with Crippen LogP contribution in [0.5, 0.6) is 5.75 Å². The average Bonchev–Trinajstić information content (AvgIpc) is 2.04. The third kappa shape index (κ3) is 2.52. The Balaban J connectivity index is 2.16. The van der Waals surface area contributed by atoms with Gasteiger partial charge in [0.2, 0.25) is 0 Å². The Morgan fingerprint density at radius 1 is 1.25 bits per heavy atom. The van der Waals surface area contributed by atoms with Crippen LogP contribution in [0.3, 0.4) is 0 Å². The molecule has 2 nitrogen and oxygen atoms in total. The van der Waals surface area contributed by atoms with Crippen LogP contribution >= 0.6 is 11.6 Å². The van der Waals surface area contributed by atoms with Crippen molar-refractivity contribution < 1.29 is 17.9 Å². The van der Waals surface area contributed by atoms with Crippen LogP contribution in [0.4, 0.5) is 18.9 Å². The van der Waals surface area contributed by atoms with Gasteiger partial charge in [-0.15, -0.1) is 13.2 Å². The predicted molar refractivity (Wildman–Crippen MR) is 55.0 cm³/mol. The van der Waals surface area contributed by atoms with Gasteiger partial charge in [0.1, 0.15) is 5.75 Å². The molecule has 0 N–H and O–H groups in total. The molecule has 1 aliphatic rings. The highest BCUT2D eigenvalue weighted by Gasteiger charge is 2.32. The zero-order valence-corrected chi connectivity index (χ0v) is 8.98. The number of halogens is 4. The minimum atomic E-state index is -4.71. The lowest BCUT2D eigenvalue weighted by molar-refractivity contribution is -0.274. The summed E-state index contributed by atoms with van der Waals surface area (Å²) >= 11 is 5.71. The van der Waals surface area contributed by atoms with Crippen molar-refractivity contribution in [3.05, 3.63) is 23.2 Å². The Labute approximate surface area is 95.6 Å². The number of ether oxygens (including phenoxy) is 1. The summed E-state index contributed by atoms with van der Waals surface area (Å²) in [5, 5.41) is -0.0262. The van der Waals surface area contributed by atoms with Crippen molar-refractivity contribution in [1.82, 2.24) is 0 Å². The van der Waals surface area contributed by atoms with Crippen molar-refractivity contribution >= 4 is 17.3 Å². The molecule has 0 bridgehead atoms. The van der Waals surface area contributed by atoms with Gasteiger partial charge in [-0.2, -0.15) is 0 Å². The molecule has 0 aromatic heterocycles.